The van der Waals surface area contributed by atoms with Crippen LogP contribution < -0.4 is 14.8 Å². The summed E-state index contributed by atoms with van der Waals surface area (Å²) in [4.78, 5) is 22.2. The number of hydroxylamine groups is 2. The van der Waals surface area contributed by atoms with Gasteiger partial charge in [-0.05, 0) is 47.7 Å². The minimum atomic E-state index is -0.457. The number of aromatic amines is 1. The molecule has 0 saturated heterocycles. The lowest BCUT2D eigenvalue weighted by Crippen LogP contribution is -2.41. The van der Waals surface area contributed by atoms with Gasteiger partial charge in [-0.25, -0.2) is 4.79 Å². The lowest BCUT2D eigenvalue weighted by atomic mass is 9.93. The van der Waals surface area contributed by atoms with Gasteiger partial charge >= 0.3 is 6.09 Å². The fourth-order valence-electron chi connectivity index (χ4n) is 4.83. The van der Waals surface area contributed by atoms with E-state index >= 15 is 0 Å². The van der Waals surface area contributed by atoms with Crippen LogP contribution in [0.25, 0.3) is 10.9 Å². The minimum absolute atomic E-state index is 0.213. The monoisotopic (exact) mass is 455 g/mol. The number of nitrogens with zero attached hydrogens (tertiary/aromatic N) is 1. The second-order valence-electron chi connectivity index (χ2n) is 8.51. The first-order valence-electron chi connectivity index (χ1n) is 11.5. The number of amides is 1. The maximum Gasteiger partial charge on any atom is 0.426 e. The zero-order valence-electron chi connectivity index (χ0n) is 18.6. The molecule has 0 unspecified atom stereocenters. The molecular weight excluding hydrogens is 430 g/mol. The maximum absolute atomic E-state index is 12.7. The molecule has 34 heavy (non-hydrogen) atoms. The van der Waals surface area contributed by atoms with Crippen LogP contribution >= 0.6 is 0 Å². The second kappa shape index (κ2) is 8.76. The van der Waals surface area contributed by atoms with E-state index in [1.165, 1.54) is 16.5 Å². The van der Waals surface area contributed by atoms with Crippen molar-refractivity contribution in [3.05, 3.63) is 95.2 Å². The Labute approximate surface area is 197 Å². The van der Waals surface area contributed by atoms with Crippen molar-refractivity contribution in [2.24, 2.45) is 0 Å². The van der Waals surface area contributed by atoms with Crippen LogP contribution in [0.2, 0.25) is 0 Å². The van der Waals surface area contributed by atoms with Gasteiger partial charge in [-0.15, -0.1) is 5.06 Å². The summed E-state index contributed by atoms with van der Waals surface area (Å²) in [5.41, 5.74) is 5.49. The molecule has 6 rings (SSSR count). The van der Waals surface area contributed by atoms with Gasteiger partial charge < -0.3 is 24.6 Å². The number of para-hydroxylation sites is 1. The molecule has 2 aliphatic rings. The average Bonchev–Trinajstić information content (AvgIpc) is 3.48. The zero-order valence-corrected chi connectivity index (χ0v) is 18.6. The highest BCUT2D eigenvalue weighted by atomic mass is 16.7. The van der Waals surface area contributed by atoms with Crippen LogP contribution in [0.5, 0.6) is 11.5 Å². The number of carbonyl (C=O) groups excluding carboxylic acids is 1. The van der Waals surface area contributed by atoms with Crippen molar-refractivity contribution in [2.45, 2.75) is 18.9 Å². The highest BCUT2D eigenvalue weighted by Gasteiger charge is 2.35. The number of rotatable bonds is 5. The van der Waals surface area contributed by atoms with Crippen LogP contribution in [0.3, 0.4) is 0 Å². The van der Waals surface area contributed by atoms with Crippen molar-refractivity contribution in [3.63, 3.8) is 0 Å². The number of hydrogen-bond acceptors (Lipinski definition) is 5. The van der Waals surface area contributed by atoms with Crippen molar-refractivity contribution in [1.29, 1.82) is 0 Å². The van der Waals surface area contributed by atoms with E-state index in [1.54, 1.807) is 5.06 Å². The molecule has 0 aliphatic carbocycles. The van der Waals surface area contributed by atoms with E-state index in [2.05, 4.69) is 28.5 Å². The SMILES string of the molecule is O=C(NCCc1ccccc1)ON1CCc2c([nH]c3ccccc23)[C@@H]1c1ccc2c(c1)OCO2. The van der Waals surface area contributed by atoms with Gasteiger partial charge in [-0.1, -0.05) is 54.6 Å². The molecule has 2 N–H and O–H groups in total. The minimum Gasteiger partial charge on any atom is -0.454 e. The number of benzene rings is 3. The van der Waals surface area contributed by atoms with Crippen molar-refractivity contribution >= 4 is 17.0 Å². The third kappa shape index (κ3) is 3.84. The first-order valence-corrected chi connectivity index (χ1v) is 11.5. The molecular formula is C27H25N3O4. The largest absolute Gasteiger partial charge is 0.454 e. The Morgan fingerprint density at radius 2 is 1.85 bits per heavy atom. The fourth-order valence-corrected chi connectivity index (χ4v) is 4.83. The van der Waals surface area contributed by atoms with Crippen molar-refractivity contribution in [1.82, 2.24) is 15.4 Å². The smallest absolute Gasteiger partial charge is 0.426 e. The van der Waals surface area contributed by atoms with Crippen LogP contribution in [0.15, 0.2) is 72.8 Å². The molecule has 3 heterocycles. The molecule has 0 saturated carbocycles. The maximum atomic E-state index is 12.7. The number of aromatic nitrogens is 1. The van der Waals surface area contributed by atoms with Crippen LogP contribution in [0, 0.1) is 0 Å². The quantitative estimate of drug-likeness (QED) is 0.455. The van der Waals surface area contributed by atoms with E-state index in [4.69, 9.17) is 14.3 Å². The zero-order chi connectivity index (χ0) is 22.9. The number of fused-ring (bicyclic) bond motifs is 4. The second-order valence-corrected chi connectivity index (χ2v) is 8.51. The van der Waals surface area contributed by atoms with E-state index in [9.17, 15) is 4.79 Å². The first kappa shape index (κ1) is 20.6. The van der Waals surface area contributed by atoms with E-state index in [0.29, 0.717) is 18.8 Å². The lowest BCUT2D eigenvalue weighted by molar-refractivity contribution is -0.127. The molecule has 2 aliphatic heterocycles. The van der Waals surface area contributed by atoms with Crippen molar-refractivity contribution in [2.75, 3.05) is 19.9 Å². The highest BCUT2D eigenvalue weighted by Crippen LogP contribution is 2.42. The predicted octanol–water partition coefficient (Wildman–Crippen LogP) is 4.73. The summed E-state index contributed by atoms with van der Waals surface area (Å²) in [6.45, 7) is 1.30. The van der Waals surface area contributed by atoms with E-state index in [-0.39, 0.29) is 12.8 Å². The molecule has 4 aromatic rings. The Balaban J connectivity index is 1.26. The molecule has 3 aromatic carbocycles. The third-order valence-electron chi connectivity index (χ3n) is 6.43. The van der Waals surface area contributed by atoms with Gasteiger partial charge in [0.15, 0.2) is 11.5 Å². The van der Waals surface area contributed by atoms with E-state index < -0.39 is 6.09 Å². The Morgan fingerprint density at radius 3 is 2.76 bits per heavy atom. The van der Waals surface area contributed by atoms with Crippen molar-refractivity contribution < 1.29 is 19.1 Å². The lowest BCUT2D eigenvalue weighted by Gasteiger charge is -2.34. The van der Waals surface area contributed by atoms with Crippen LogP contribution in [0.4, 0.5) is 4.79 Å². The molecule has 1 atom stereocenters. The molecule has 0 radical (unpaired) electrons. The average molecular weight is 456 g/mol. The van der Waals surface area contributed by atoms with Crippen LogP contribution in [0.1, 0.15) is 28.4 Å². The standard InChI is InChI=1S/C27H25N3O4/c31-27(28-14-12-18-6-2-1-3-7-18)34-30-15-13-21-20-8-4-5-9-22(20)29-25(21)26(30)19-10-11-23-24(16-19)33-17-32-23/h1-11,16,26,29H,12-15,17H2,(H,28,31)/t26-/m0/s1. The number of carbonyl (C=O) groups is 1. The Hall–Kier alpha value is -3.97. The predicted molar refractivity (Wildman–Crippen MR) is 128 cm³/mol. The van der Waals surface area contributed by atoms with E-state index in [0.717, 1.165) is 35.4 Å². The van der Waals surface area contributed by atoms with Gasteiger partial charge in [0.1, 0.15) is 6.04 Å². The molecule has 7 nitrogen and oxygen atoms in total. The number of H-pyrrole nitrogens is 1. The summed E-state index contributed by atoms with van der Waals surface area (Å²) in [5, 5.41) is 5.85. The van der Waals surface area contributed by atoms with Crippen LogP contribution in [-0.2, 0) is 17.7 Å². The van der Waals surface area contributed by atoms with Gasteiger partial charge in [-0.3, -0.25) is 0 Å². The molecule has 172 valence electrons. The number of hydrogen-bond donors (Lipinski definition) is 2. The van der Waals surface area contributed by atoms with E-state index in [1.807, 2.05) is 54.6 Å². The van der Waals surface area contributed by atoms with Gasteiger partial charge in [0.25, 0.3) is 0 Å². The van der Waals surface area contributed by atoms with Crippen LogP contribution in [-0.4, -0.2) is 36.0 Å². The summed E-state index contributed by atoms with van der Waals surface area (Å²) in [7, 11) is 0. The Morgan fingerprint density at radius 1 is 1.03 bits per heavy atom. The van der Waals surface area contributed by atoms with Gasteiger partial charge in [0, 0.05) is 29.7 Å². The Bertz CT molecular complexity index is 1330. The number of ether oxygens (including phenoxy) is 2. The summed E-state index contributed by atoms with van der Waals surface area (Å²) in [6.07, 6.45) is 1.06. The normalized spacial score (nSPS) is 16.9. The summed E-state index contributed by atoms with van der Waals surface area (Å²) >= 11 is 0. The topological polar surface area (TPSA) is 75.8 Å². The molecule has 0 spiro atoms. The first-order chi connectivity index (χ1) is 16.8. The summed E-state index contributed by atoms with van der Waals surface area (Å²) in [5.74, 6) is 1.43. The van der Waals surface area contributed by atoms with Gasteiger partial charge in [-0.2, -0.15) is 0 Å². The third-order valence-corrected chi connectivity index (χ3v) is 6.43. The van der Waals surface area contributed by atoms with Gasteiger partial charge in [0.2, 0.25) is 6.79 Å². The Kier molecular flexibility index (Phi) is 5.31. The molecule has 7 heteroatoms. The highest BCUT2D eigenvalue weighted by molar-refractivity contribution is 5.85. The molecule has 0 bridgehead atoms. The fraction of sp³-hybridized carbons (Fsp3) is 0.222. The summed E-state index contributed by atoms with van der Waals surface area (Å²) in [6, 6.07) is 23.9. The molecule has 0 fully saturated rings. The summed E-state index contributed by atoms with van der Waals surface area (Å²) < 4.78 is 11.1. The number of nitrogens with one attached hydrogen (secondary N) is 2. The molecule has 1 aromatic heterocycles. The molecule has 1 amide bonds. The van der Waals surface area contributed by atoms with Crippen molar-refractivity contribution in [3.8, 4) is 11.5 Å². The van der Waals surface area contributed by atoms with Gasteiger partial charge in [0.05, 0.1) is 0 Å².